The molecule has 0 unspecified atom stereocenters. The molecule has 0 amide bonds. The summed E-state index contributed by atoms with van der Waals surface area (Å²) in [6.07, 6.45) is 0. The quantitative estimate of drug-likeness (QED) is 0.535. The number of rotatable bonds is 2. The van der Waals surface area contributed by atoms with Gasteiger partial charge in [0.15, 0.2) is 0 Å². The van der Waals surface area contributed by atoms with E-state index in [9.17, 15) is 0 Å². The molecule has 0 aliphatic heterocycles. The zero-order chi connectivity index (χ0) is 7.40. The summed E-state index contributed by atoms with van der Waals surface area (Å²) in [7, 11) is 0. The molecule has 2 heteroatoms. The zero-order valence-corrected chi connectivity index (χ0v) is 13.1. The van der Waals surface area contributed by atoms with Crippen molar-refractivity contribution in [3.63, 3.8) is 0 Å². The van der Waals surface area contributed by atoms with Gasteiger partial charge in [0, 0.05) is 6.04 Å². The van der Waals surface area contributed by atoms with Crippen LogP contribution in [0.4, 0.5) is 0 Å². The Balaban J connectivity index is 0.000001000. The van der Waals surface area contributed by atoms with Crippen LogP contribution in [0.2, 0.25) is 0 Å². The molecule has 0 aromatic heterocycles. The first-order valence-corrected chi connectivity index (χ1v) is 3.29. The first-order valence-electron chi connectivity index (χ1n) is 3.29. The van der Waals surface area contributed by atoms with Gasteiger partial charge in [-0.3, -0.25) is 0 Å². The summed E-state index contributed by atoms with van der Waals surface area (Å²) in [5, 5.41) is 0. The van der Waals surface area contributed by atoms with E-state index < -0.39 is 0 Å². The second-order valence-electron chi connectivity index (χ2n) is 2.24. The molecule has 0 fully saturated rings. The minimum atomic E-state index is 0. The summed E-state index contributed by atoms with van der Waals surface area (Å²) in [4.78, 5) is 3.66. The van der Waals surface area contributed by atoms with Crippen LogP contribution >= 0.6 is 0 Å². The number of nitrogens with zero attached hydrogens (tertiary/aromatic N) is 1. The molecule has 1 atom stereocenters. The predicted molar refractivity (Wildman–Crippen MR) is 43.3 cm³/mol. The predicted octanol–water partition coefficient (Wildman–Crippen LogP) is 2.33. The molecule has 0 N–H and O–H groups in total. The van der Waals surface area contributed by atoms with Gasteiger partial charge < -0.3 is 11.7 Å². The van der Waals surface area contributed by atoms with E-state index in [1.807, 2.05) is 37.3 Å². The molecule has 0 bridgehead atoms. The molecule has 1 nitrogen and oxygen atoms in total. The fraction of sp³-hybridized carbons (Fsp3) is 0.222. The minimum Gasteiger partial charge on any atom is -0.500 e. The molecule has 0 spiro atoms. The van der Waals surface area contributed by atoms with Crippen LogP contribution in [0.5, 0.6) is 0 Å². The van der Waals surface area contributed by atoms with E-state index in [2.05, 4.69) is 4.99 Å². The monoisotopic (exact) mass is 399 g/mol. The Morgan fingerprint density at radius 2 is 1.82 bits per heavy atom. The number of benzene rings is 1. The topological polar surface area (TPSA) is 12.4 Å². The third-order valence-electron chi connectivity index (χ3n) is 1.51. The molecule has 0 aliphatic rings. The van der Waals surface area contributed by atoms with Crippen LogP contribution < -0.4 is 0 Å². The second kappa shape index (κ2) is 3.83. The summed E-state index contributed by atoms with van der Waals surface area (Å²) < 4.78 is 0. The maximum atomic E-state index is 5.13. The average Bonchev–Trinajstić information content (AvgIpc) is 2.05. The van der Waals surface area contributed by atoms with Crippen molar-refractivity contribution in [2.75, 3.05) is 0 Å². The standard InChI is InChI=1S/C9H10N.Rf/c1-8(10-2)9-6-4-3-5-7-9;/h2-8H,1H3;/q-1;/t8-;/m0./s1. The fourth-order valence-corrected chi connectivity index (χ4v) is 0.818. The molecule has 0 heterocycles. The van der Waals surface area contributed by atoms with Gasteiger partial charge in [0.25, 0.3) is 0 Å². The Kier molecular flexibility index (Phi) is 3.09. The van der Waals surface area contributed by atoms with Crippen molar-refractivity contribution in [2.45, 2.75) is 13.0 Å². The van der Waals surface area contributed by atoms with E-state index in [0.717, 1.165) is 5.56 Å². The first-order chi connectivity index (χ1) is 4.84. The van der Waals surface area contributed by atoms with Crippen LogP contribution in [0.1, 0.15) is 18.5 Å². The third kappa shape index (κ3) is 1.94. The van der Waals surface area contributed by atoms with Gasteiger partial charge in [-0.1, -0.05) is 30.3 Å². The van der Waals surface area contributed by atoms with Gasteiger partial charge >= 0.3 is 0 Å². The van der Waals surface area contributed by atoms with Gasteiger partial charge in [0.05, 0.1) is 0 Å². The number of aliphatic imine (C=N–C) groups is 1. The molecule has 11 heavy (non-hydrogen) atoms. The van der Waals surface area contributed by atoms with Gasteiger partial charge in [-0.15, -0.1) is 0 Å². The average molecular weight is 399 g/mol. The van der Waals surface area contributed by atoms with Gasteiger partial charge in [-0.25, -0.2) is 0 Å². The van der Waals surface area contributed by atoms with E-state index in [1.165, 1.54) is 0 Å². The van der Waals surface area contributed by atoms with Crippen LogP contribution in [0, 0.1) is 0 Å². The van der Waals surface area contributed by atoms with E-state index >= 15 is 0 Å². The SMILES string of the molecule is [CH-]=N[C@@H](C)c1ccccc1.[Rf]. The third-order valence-corrected chi connectivity index (χ3v) is 1.51. The molecule has 0 saturated heterocycles. The Morgan fingerprint density at radius 3 is 2.27 bits per heavy atom. The Hall–Kier alpha value is -2.11. The smallest absolute Gasteiger partial charge is 0.0342 e. The van der Waals surface area contributed by atoms with Crippen LogP contribution in [0.25, 0.3) is 0 Å². The fourth-order valence-electron chi connectivity index (χ4n) is 0.818. The largest absolute Gasteiger partial charge is 0.500 e. The molecule has 1 rings (SSSR count). The van der Waals surface area contributed by atoms with Gasteiger partial charge in [0.1, 0.15) is 0 Å². The molecule has 0 saturated carbocycles. The molecule has 1 aromatic carbocycles. The van der Waals surface area contributed by atoms with E-state index in [1.54, 1.807) is 0 Å². The minimum absolute atomic E-state index is 0. The summed E-state index contributed by atoms with van der Waals surface area (Å²) in [5.41, 5.74) is 1.16. The van der Waals surface area contributed by atoms with Crippen molar-refractivity contribution in [3.05, 3.63) is 35.9 Å². The van der Waals surface area contributed by atoms with Gasteiger partial charge in [-0.05, 0) is 12.5 Å². The van der Waals surface area contributed by atoms with Gasteiger partial charge in [-0.2, -0.15) is 0 Å². The van der Waals surface area contributed by atoms with Crippen LogP contribution in [-0.2, 0) is 0 Å². The Bertz CT molecular complexity index is 208. The summed E-state index contributed by atoms with van der Waals surface area (Å²) >= 11 is 0. The van der Waals surface area contributed by atoms with E-state index in [4.69, 9.17) is 6.72 Å². The summed E-state index contributed by atoms with van der Waals surface area (Å²) in [6, 6.07) is 10.1. The number of hydrogen-bond donors (Lipinski definition) is 0. The molecule has 0 radical (unpaired) electrons. The Morgan fingerprint density at radius 1 is 1.27 bits per heavy atom. The number of hydrogen-bond acceptors (Lipinski definition) is 1. The van der Waals surface area contributed by atoms with Gasteiger partial charge in [0.2, 0.25) is 0 Å². The summed E-state index contributed by atoms with van der Waals surface area (Å²) in [6.45, 7) is 7.10. The van der Waals surface area contributed by atoms with E-state index in [0.29, 0.717) is 0 Å². The van der Waals surface area contributed by atoms with Crippen LogP contribution in [0.15, 0.2) is 35.3 Å². The van der Waals surface area contributed by atoms with E-state index in [-0.39, 0.29) is 6.04 Å². The van der Waals surface area contributed by atoms with Crippen molar-refractivity contribution in [1.29, 1.82) is 0 Å². The maximum absolute atomic E-state index is 5.13. The van der Waals surface area contributed by atoms with Crippen molar-refractivity contribution in [1.82, 2.24) is 0 Å². The molecule has 1 aromatic rings. The van der Waals surface area contributed by atoms with Crippen LogP contribution in [0.3, 0.4) is 0 Å². The zero-order valence-electron chi connectivity index (χ0n) is 6.70. The van der Waals surface area contributed by atoms with Crippen molar-refractivity contribution < 1.29 is 0 Å². The normalized spacial score (nSPS) is 11.4. The second-order valence-corrected chi connectivity index (χ2v) is 2.24. The maximum Gasteiger partial charge on any atom is 0.0342 e. The van der Waals surface area contributed by atoms with Crippen molar-refractivity contribution >= 4 is 6.72 Å². The molecule has 0 aliphatic carbocycles. The first kappa shape index (κ1) is 8.89. The Labute approximate surface area is 61.4 Å². The summed E-state index contributed by atoms with van der Waals surface area (Å²) in [5.74, 6) is 0. The van der Waals surface area contributed by atoms with Crippen LogP contribution in [-0.4, -0.2) is 6.72 Å². The molecular weight excluding hydrogens is 389 g/mol. The molecule has 54 valence electrons. The van der Waals surface area contributed by atoms with Crippen molar-refractivity contribution in [3.8, 4) is 0 Å². The molecular formula is C9H10NRf-. The van der Waals surface area contributed by atoms with Crippen molar-refractivity contribution in [2.24, 2.45) is 4.99 Å².